The molecule has 31 heavy (non-hydrogen) atoms. The van der Waals surface area contributed by atoms with Gasteiger partial charge in [0.05, 0.1) is 6.26 Å². The van der Waals surface area contributed by atoms with Gasteiger partial charge in [-0.15, -0.1) is 0 Å². The maximum Gasteiger partial charge on any atom is 0.346 e. The van der Waals surface area contributed by atoms with Crippen LogP contribution >= 0.6 is 0 Å². The van der Waals surface area contributed by atoms with Crippen molar-refractivity contribution in [3.05, 3.63) is 58.8 Å². The van der Waals surface area contributed by atoms with E-state index in [0.29, 0.717) is 24.5 Å². The fourth-order valence-corrected chi connectivity index (χ4v) is 4.99. The number of nitrogens with one attached hydrogen (secondary N) is 1. The number of carbonyl (C=O) groups is 1. The lowest BCUT2D eigenvalue weighted by Crippen LogP contribution is -2.39. The van der Waals surface area contributed by atoms with E-state index in [1.54, 1.807) is 7.05 Å². The SMILES string of the molecule is Cn1c(C2CCCN(S(C)(=O)=O)C2)nn(CC(=O)Nc2cccc3ccccc23)c1=O. The fraction of sp³-hybridized carbons (Fsp3) is 0.381. The molecule has 1 N–H and O–H groups in total. The van der Waals surface area contributed by atoms with Gasteiger partial charge in [0, 0.05) is 37.1 Å². The van der Waals surface area contributed by atoms with Gasteiger partial charge in [-0.3, -0.25) is 9.36 Å². The van der Waals surface area contributed by atoms with E-state index in [9.17, 15) is 18.0 Å². The Morgan fingerprint density at radius 3 is 2.71 bits per heavy atom. The number of amides is 1. The number of nitrogens with zero attached hydrogens (tertiary/aromatic N) is 4. The van der Waals surface area contributed by atoms with Gasteiger partial charge in [-0.25, -0.2) is 22.2 Å². The zero-order valence-electron chi connectivity index (χ0n) is 17.5. The number of anilines is 1. The second-order valence-corrected chi connectivity index (χ2v) is 9.87. The minimum absolute atomic E-state index is 0.191. The summed E-state index contributed by atoms with van der Waals surface area (Å²) < 4.78 is 27.8. The first-order valence-corrected chi connectivity index (χ1v) is 12.0. The summed E-state index contributed by atoms with van der Waals surface area (Å²) in [6.07, 6.45) is 2.61. The Hall–Kier alpha value is -2.98. The van der Waals surface area contributed by atoms with Crippen molar-refractivity contribution in [2.24, 2.45) is 7.05 Å². The van der Waals surface area contributed by atoms with Crippen LogP contribution < -0.4 is 11.0 Å². The Kier molecular flexibility index (Phi) is 5.67. The molecule has 1 atom stereocenters. The van der Waals surface area contributed by atoms with Crippen LogP contribution in [-0.4, -0.2) is 52.3 Å². The summed E-state index contributed by atoms with van der Waals surface area (Å²) in [4.78, 5) is 25.3. The van der Waals surface area contributed by atoms with Gasteiger partial charge in [0.1, 0.15) is 12.4 Å². The highest BCUT2D eigenvalue weighted by Gasteiger charge is 2.30. The number of aromatic nitrogens is 3. The summed E-state index contributed by atoms with van der Waals surface area (Å²) in [5.41, 5.74) is 0.267. The Morgan fingerprint density at radius 1 is 1.19 bits per heavy atom. The summed E-state index contributed by atoms with van der Waals surface area (Å²) in [6.45, 7) is 0.529. The first kappa shape index (κ1) is 21.3. The molecule has 1 aromatic heterocycles. The van der Waals surface area contributed by atoms with Gasteiger partial charge in [0.15, 0.2) is 0 Å². The van der Waals surface area contributed by atoms with Crippen LogP contribution in [0.3, 0.4) is 0 Å². The number of fused-ring (bicyclic) bond motifs is 1. The number of rotatable bonds is 5. The smallest absolute Gasteiger partial charge is 0.324 e. The van der Waals surface area contributed by atoms with Crippen LogP contribution in [0.5, 0.6) is 0 Å². The predicted octanol–water partition coefficient (Wildman–Crippen LogP) is 1.51. The normalized spacial score (nSPS) is 17.7. The zero-order chi connectivity index (χ0) is 22.2. The van der Waals surface area contributed by atoms with Crippen LogP contribution in [0.4, 0.5) is 5.69 Å². The summed E-state index contributed by atoms with van der Waals surface area (Å²) in [5, 5.41) is 9.16. The van der Waals surface area contributed by atoms with E-state index >= 15 is 0 Å². The molecule has 10 heteroatoms. The first-order valence-electron chi connectivity index (χ1n) is 10.1. The van der Waals surface area contributed by atoms with Crippen LogP contribution in [0, 0.1) is 0 Å². The Bertz CT molecular complexity index is 1290. The van der Waals surface area contributed by atoms with Crippen LogP contribution in [0.2, 0.25) is 0 Å². The second kappa shape index (κ2) is 8.27. The molecular weight excluding hydrogens is 418 g/mol. The first-order chi connectivity index (χ1) is 14.7. The highest BCUT2D eigenvalue weighted by Crippen LogP contribution is 2.26. The van der Waals surface area contributed by atoms with Gasteiger partial charge >= 0.3 is 5.69 Å². The molecule has 2 heterocycles. The fourth-order valence-electron chi connectivity index (χ4n) is 4.08. The predicted molar refractivity (Wildman–Crippen MR) is 118 cm³/mol. The molecule has 0 bridgehead atoms. The number of hydrogen-bond acceptors (Lipinski definition) is 5. The minimum Gasteiger partial charge on any atom is -0.324 e. The lowest BCUT2D eigenvalue weighted by molar-refractivity contribution is -0.117. The third-order valence-electron chi connectivity index (χ3n) is 5.65. The maximum absolute atomic E-state index is 12.7. The largest absolute Gasteiger partial charge is 0.346 e. The second-order valence-electron chi connectivity index (χ2n) is 7.89. The molecule has 3 aromatic rings. The molecule has 2 aromatic carbocycles. The van der Waals surface area contributed by atoms with Crippen LogP contribution in [0.25, 0.3) is 10.8 Å². The molecule has 0 aliphatic carbocycles. The van der Waals surface area contributed by atoms with Gasteiger partial charge in [-0.2, -0.15) is 5.10 Å². The van der Waals surface area contributed by atoms with E-state index in [-0.39, 0.29) is 24.9 Å². The molecule has 1 saturated heterocycles. The van der Waals surface area contributed by atoms with Gasteiger partial charge in [-0.05, 0) is 24.3 Å². The standard InChI is InChI=1S/C21H25N5O4S/c1-24-20(16-9-6-12-25(13-16)31(2,29)30)23-26(21(24)28)14-19(27)22-18-11-5-8-15-7-3-4-10-17(15)18/h3-5,7-8,10-11,16H,6,9,12-14H2,1-2H3,(H,22,27). The molecule has 1 amide bonds. The average molecular weight is 444 g/mol. The van der Waals surface area contributed by atoms with Crippen molar-refractivity contribution in [2.75, 3.05) is 24.7 Å². The van der Waals surface area contributed by atoms with Crippen molar-refractivity contribution in [1.82, 2.24) is 18.7 Å². The Balaban J connectivity index is 1.53. The van der Waals surface area contributed by atoms with E-state index in [1.165, 1.54) is 15.1 Å². The van der Waals surface area contributed by atoms with Gasteiger partial charge in [-0.1, -0.05) is 36.4 Å². The van der Waals surface area contributed by atoms with Crippen LogP contribution in [0.15, 0.2) is 47.3 Å². The molecule has 4 rings (SSSR count). The van der Waals surface area contributed by atoms with Crippen LogP contribution in [0.1, 0.15) is 24.6 Å². The molecule has 0 saturated carbocycles. The zero-order valence-corrected chi connectivity index (χ0v) is 18.3. The van der Waals surface area contributed by atoms with E-state index < -0.39 is 15.7 Å². The summed E-state index contributed by atoms with van der Waals surface area (Å²) in [6, 6.07) is 13.4. The van der Waals surface area contributed by atoms with Gasteiger partial charge in [0.2, 0.25) is 15.9 Å². The van der Waals surface area contributed by atoms with Crippen LogP contribution in [-0.2, 0) is 28.4 Å². The lowest BCUT2D eigenvalue weighted by Gasteiger charge is -2.30. The highest BCUT2D eigenvalue weighted by molar-refractivity contribution is 7.88. The van der Waals surface area contributed by atoms with Crippen molar-refractivity contribution >= 4 is 32.4 Å². The number of piperidine rings is 1. The summed E-state index contributed by atoms with van der Waals surface area (Å²) >= 11 is 0. The van der Waals surface area contributed by atoms with Gasteiger partial charge < -0.3 is 5.32 Å². The van der Waals surface area contributed by atoms with E-state index in [1.807, 2.05) is 42.5 Å². The van der Waals surface area contributed by atoms with Crippen molar-refractivity contribution in [2.45, 2.75) is 25.3 Å². The molecule has 0 radical (unpaired) electrons. The third-order valence-corrected chi connectivity index (χ3v) is 6.92. The van der Waals surface area contributed by atoms with E-state index in [0.717, 1.165) is 21.9 Å². The number of hydrogen-bond donors (Lipinski definition) is 1. The topological polar surface area (TPSA) is 106 Å². The van der Waals surface area contributed by atoms with E-state index in [2.05, 4.69) is 10.4 Å². The molecule has 1 fully saturated rings. The molecular formula is C21H25N5O4S. The van der Waals surface area contributed by atoms with Crippen molar-refractivity contribution in [3.8, 4) is 0 Å². The average Bonchev–Trinajstić information content (AvgIpc) is 3.02. The molecule has 164 valence electrons. The minimum atomic E-state index is -3.31. The molecule has 1 aliphatic rings. The van der Waals surface area contributed by atoms with Crippen molar-refractivity contribution in [1.29, 1.82) is 0 Å². The molecule has 9 nitrogen and oxygen atoms in total. The quantitative estimate of drug-likeness (QED) is 0.643. The van der Waals surface area contributed by atoms with Crippen molar-refractivity contribution in [3.63, 3.8) is 0 Å². The Labute approximate surface area is 180 Å². The maximum atomic E-state index is 12.7. The number of benzene rings is 2. The molecule has 1 unspecified atom stereocenters. The monoisotopic (exact) mass is 443 g/mol. The van der Waals surface area contributed by atoms with E-state index in [4.69, 9.17) is 0 Å². The van der Waals surface area contributed by atoms with Crippen molar-refractivity contribution < 1.29 is 13.2 Å². The number of sulfonamides is 1. The highest BCUT2D eigenvalue weighted by atomic mass is 32.2. The molecule has 1 aliphatic heterocycles. The Morgan fingerprint density at radius 2 is 1.94 bits per heavy atom. The number of carbonyl (C=O) groups excluding carboxylic acids is 1. The third kappa shape index (κ3) is 4.40. The summed E-state index contributed by atoms with van der Waals surface area (Å²) in [7, 11) is -1.71. The summed E-state index contributed by atoms with van der Waals surface area (Å²) in [5.74, 6) is -0.0515. The lowest BCUT2D eigenvalue weighted by atomic mass is 9.99. The molecule has 0 spiro atoms. The van der Waals surface area contributed by atoms with Gasteiger partial charge in [0.25, 0.3) is 0 Å².